The number of rotatable bonds is 7. The van der Waals surface area contributed by atoms with Crippen LogP contribution < -0.4 is 25.2 Å². The van der Waals surface area contributed by atoms with Gasteiger partial charge in [0.15, 0.2) is 28.8 Å². The van der Waals surface area contributed by atoms with E-state index in [1.165, 1.54) is 4.90 Å². The maximum atomic E-state index is 14.6. The van der Waals surface area contributed by atoms with Gasteiger partial charge < -0.3 is 29.5 Å². The Labute approximate surface area is 221 Å². The first-order chi connectivity index (χ1) is 18.2. The van der Waals surface area contributed by atoms with Gasteiger partial charge in [-0.25, -0.2) is 19.3 Å². The van der Waals surface area contributed by atoms with Gasteiger partial charge in [0, 0.05) is 16.0 Å². The number of nitrogens with one attached hydrogen (secondary N) is 2. The molecule has 1 saturated heterocycles. The van der Waals surface area contributed by atoms with Gasteiger partial charge in [-0.3, -0.25) is 9.69 Å². The Morgan fingerprint density at radius 2 is 2.03 bits per heavy atom. The standard InChI is InChI=1S/C24H28FN8O4P/c1-14-12-35-9-8-32(14)19-7-4-15(10-26-19)28-23-27-11-16(25)20(31-23)29-18-6-5-17-21(30-18)33(13-36-38)22(34)24(2,3)37-17/h4-7,10-11,14H,8-9,12-13,38H2,1-3H3,(H2,27,28,29,30,31)/t14-/m0/s1. The zero-order chi connectivity index (χ0) is 26.9. The second-order valence-electron chi connectivity index (χ2n) is 9.32. The Balaban J connectivity index is 1.33. The second kappa shape index (κ2) is 10.6. The number of carbonyl (C=O) groups is 1. The Bertz CT molecular complexity index is 1330. The van der Waals surface area contributed by atoms with Crippen LogP contribution in [0.4, 0.5) is 39.3 Å². The number of fused-ring (bicyclic) bond motifs is 1. The minimum atomic E-state index is -1.08. The lowest BCUT2D eigenvalue weighted by molar-refractivity contribution is -0.133. The summed E-state index contributed by atoms with van der Waals surface area (Å²) in [6.07, 6.45) is 2.72. The molecule has 3 aromatic rings. The summed E-state index contributed by atoms with van der Waals surface area (Å²) in [6, 6.07) is 7.25. The molecule has 38 heavy (non-hydrogen) atoms. The topological polar surface area (TPSA) is 127 Å². The van der Waals surface area contributed by atoms with Crippen LogP contribution in [-0.4, -0.2) is 64.0 Å². The average Bonchev–Trinajstić information content (AvgIpc) is 2.90. The van der Waals surface area contributed by atoms with Gasteiger partial charge in [-0.15, -0.1) is 0 Å². The largest absolute Gasteiger partial charge is 0.474 e. The van der Waals surface area contributed by atoms with Crippen molar-refractivity contribution in [3.8, 4) is 5.75 Å². The first kappa shape index (κ1) is 26.0. The Morgan fingerprint density at radius 1 is 1.18 bits per heavy atom. The van der Waals surface area contributed by atoms with Crippen molar-refractivity contribution in [3.63, 3.8) is 0 Å². The van der Waals surface area contributed by atoms with Crippen molar-refractivity contribution in [2.24, 2.45) is 0 Å². The van der Waals surface area contributed by atoms with Crippen molar-refractivity contribution in [1.29, 1.82) is 0 Å². The first-order valence-electron chi connectivity index (χ1n) is 12.0. The van der Waals surface area contributed by atoms with Crippen molar-refractivity contribution in [3.05, 3.63) is 42.5 Å². The van der Waals surface area contributed by atoms with E-state index < -0.39 is 11.4 Å². The van der Waals surface area contributed by atoms with Crippen LogP contribution in [0.2, 0.25) is 0 Å². The lowest BCUT2D eigenvalue weighted by atomic mass is 10.1. The van der Waals surface area contributed by atoms with Crippen LogP contribution in [0, 0.1) is 5.82 Å². The van der Waals surface area contributed by atoms with Gasteiger partial charge in [0.2, 0.25) is 5.95 Å². The van der Waals surface area contributed by atoms with Crippen molar-refractivity contribution >= 4 is 50.3 Å². The zero-order valence-corrected chi connectivity index (χ0v) is 22.3. The summed E-state index contributed by atoms with van der Waals surface area (Å²) in [5.41, 5.74) is -0.440. The predicted molar refractivity (Wildman–Crippen MR) is 143 cm³/mol. The van der Waals surface area contributed by atoms with E-state index in [2.05, 4.69) is 51.9 Å². The first-order valence-corrected chi connectivity index (χ1v) is 12.4. The van der Waals surface area contributed by atoms with Crippen LogP contribution in [0.3, 0.4) is 0 Å². The normalized spacial score (nSPS) is 18.6. The fourth-order valence-electron chi connectivity index (χ4n) is 4.18. The van der Waals surface area contributed by atoms with Gasteiger partial charge in [-0.1, -0.05) is 0 Å². The number of halogens is 1. The molecule has 200 valence electrons. The van der Waals surface area contributed by atoms with Crippen LogP contribution in [0.25, 0.3) is 0 Å². The highest BCUT2D eigenvalue weighted by molar-refractivity contribution is 7.09. The van der Waals surface area contributed by atoms with Gasteiger partial charge in [0.25, 0.3) is 5.91 Å². The Hall–Kier alpha value is -3.67. The molecule has 2 aliphatic heterocycles. The minimum Gasteiger partial charge on any atom is -0.474 e. The molecule has 2 N–H and O–H groups in total. The average molecular weight is 543 g/mol. The monoisotopic (exact) mass is 542 g/mol. The molecule has 0 aliphatic carbocycles. The Kier molecular flexibility index (Phi) is 7.24. The summed E-state index contributed by atoms with van der Waals surface area (Å²) >= 11 is 0. The number of pyridine rings is 2. The summed E-state index contributed by atoms with van der Waals surface area (Å²) in [5.74, 6) is 0.814. The molecular formula is C24H28FN8O4P. The van der Waals surface area contributed by atoms with Crippen molar-refractivity contribution in [1.82, 2.24) is 19.9 Å². The molecule has 12 nitrogen and oxygen atoms in total. The molecule has 1 unspecified atom stereocenters. The highest BCUT2D eigenvalue weighted by Crippen LogP contribution is 2.37. The molecule has 0 spiro atoms. The summed E-state index contributed by atoms with van der Waals surface area (Å²) in [5, 5.41) is 5.89. The molecule has 0 bridgehead atoms. The van der Waals surface area contributed by atoms with Crippen LogP contribution in [0.15, 0.2) is 36.7 Å². The molecule has 14 heteroatoms. The molecule has 0 aromatic carbocycles. The third-order valence-corrected chi connectivity index (χ3v) is 6.23. The van der Waals surface area contributed by atoms with Gasteiger partial charge in [0.05, 0.1) is 37.3 Å². The number of anilines is 6. The summed E-state index contributed by atoms with van der Waals surface area (Å²) in [6.45, 7) is 7.46. The van der Waals surface area contributed by atoms with E-state index in [9.17, 15) is 9.18 Å². The molecule has 5 heterocycles. The van der Waals surface area contributed by atoms with Gasteiger partial charge >= 0.3 is 0 Å². The van der Waals surface area contributed by atoms with E-state index >= 15 is 0 Å². The molecule has 2 aliphatic rings. The van der Waals surface area contributed by atoms with Crippen LogP contribution >= 0.6 is 9.47 Å². The predicted octanol–water partition coefficient (Wildman–Crippen LogP) is 3.39. The number of amides is 1. The maximum Gasteiger partial charge on any atom is 0.273 e. The highest BCUT2D eigenvalue weighted by Gasteiger charge is 2.42. The van der Waals surface area contributed by atoms with Crippen LogP contribution in [0.5, 0.6) is 5.75 Å². The summed E-state index contributed by atoms with van der Waals surface area (Å²) < 4.78 is 31.0. The molecule has 2 atom stereocenters. The second-order valence-corrected chi connectivity index (χ2v) is 9.66. The fraction of sp³-hybridized carbons (Fsp3) is 0.375. The van der Waals surface area contributed by atoms with Crippen molar-refractivity contribution < 1.29 is 23.2 Å². The van der Waals surface area contributed by atoms with Crippen LogP contribution in [-0.2, 0) is 14.1 Å². The molecule has 3 aromatic heterocycles. The van der Waals surface area contributed by atoms with E-state index in [1.807, 2.05) is 12.1 Å². The molecule has 1 fully saturated rings. The summed E-state index contributed by atoms with van der Waals surface area (Å²) in [7, 11) is 2.10. The van der Waals surface area contributed by atoms with E-state index in [-0.39, 0.29) is 42.1 Å². The SMILES string of the molecule is C[C@H]1COCCN1c1ccc(Nc2ncc(F)c(Nc3ccc4c(n3)N(COP)C(=O)C(C)(C)O4)n2)cn1. The highest BCUT2D eigenvalue weighted by atomic mass is 31.0. The molecule has 0 radical (unpaired) electrons. The van der Waals surface area contributed by atoms with E-state index in [4.69, 9.17) is 14.0 Å². The van der Waals surface area contributed by atoms with E-state index in [1.54, 1.807) is 32.2 Å². The lowest BCUT2D eigenvalue weighted by Crippen LogP contribution is -2.53. The number of hydrogen-bond acceptors (Lipinski definition) is 11. The third kappa shape index (κ3) is 5.31. The smallest absolute Gasteiger partial charge is 0.273 e. The number of ether oxygens (including phenoxy) is 2. The molecule has 1 amide bonds. The maximum absolute atomic E-state index is 14.6. The Morgan fingerprint density at radius 3 is 2.76 bits per heavy atom. The van der Waals surface area contributed by atoms with Crippen molar-refractivity contribution in [2.45, 2.75) is 32.4 Å². The number of hydrogen-bond donors (Lipinski definition) is 2. The minimum absolute atomic E-state index is 0.0487. The number of carbonyl (C=O) groups excluding carboxylic acids is 1. The summed E-state index contributed by atoms with van der Waals surface area (Å²) in [4.78, 5) is 33.6. The lowest BCUT2D eigenvalue weighted by Gasteiger charge is -2.37. The van der Waals surface area contributed by atoms with Crippen LogP contribution in [0.1, 0.15) is 20.8 Å². The number of morpholine rings is 1. The van der Waals surface area contributed by atoms with E-state index in [0.717, 1.165) is 18.6 Å². The fourth-order valence-corrected chi connectivity index (χ4v) is 4.32. The van der Waals surface area contributed by atoms with E-state index in [0.29, 0.717) is 24.7 Å². The van der Waals surface area contributed by atoms with Gasteiger partial charge in [0.1, 0.15) is 18.4 Å². The number of nitrogens with zero attached hydrogens (tertiary/aromatic N) is 6. The van der Waals surface area contributed by atoms with Gasteiger partial charge in [-0.05, 0) is 45.0 Å². The molecule has 0 saturated carbocycles. The van der Waals surface area contributed by atoms with Gasteiger partial charge in [-0.2, -0.15) is 4.98 Å². The third-order valence-electron chi connectivity index (χ3n) is 6.08. The molecule has 5 rings (SSSR count). The van der Waals surface area contributed by atoms with Crippen molar-refractivity contribution in [2.75, 3.05) is 46.9 Å². The quantitative estimate of drug-likeness (QED) is 0.427. The molecular weight excluding hydrogens is 514 g/mol. The number of aromatic nitrogens is 4. The zero-order valence-electron chi connectivity index (χ0n) is 21.1.